The zero-order valence-corrected chi connectivity index (χ0v) is 17.8. The molecule has 0 aliphatic carbocycles. The van der Waals surface area contributed by atoms with E-state index in [2.05, 4.69) is 78.9 Å². The smallest absolute Gasteiger partial charge is 0.188 e. The molecule has 2 aromatic rings. The molecule has 0 N–H and O–H groups in total. The lowest BCUT2D eigenvalue weighted by Gasteiger charge is -2.34. The number of halogens is 2. The van der Waals surface area contributed by atoms with E-state index in [4.69, 9.17) is 0 Å². The first-order valence-corrected chi connectivity index (χ1v) is 11.1. The molecule has 2 bridgehead atoms. The summed E-state index contributed by atoms with van der Waals surface area (Å²) >= 11 is 10.3. The van der Waals surface area contributed by atoms with Gasteiger partial charge in [0.2, 0.25) is 0 Å². The van der Waals surface area contributed by atoms with Crippen molar-refractivity contribution in [3.05, 3.63) is 52.7 Å². The molecular formula is C18H15Br2NOS2. The highest BCUT2D eigenvalue weighted by Crippen LogP contribution is 2.41. The number of hydrogen-bond donors (Lipinski definition) is 0. The van der Waals surface area contributed by atoms with E-state index in [0.29, 0.717) is 0 Å². The molecule has 24 heavy (non-hydrogen) atoms. The Hall–Kier alpha value is -0.530. The normalized spacial score (nSPS) is 27.5. The lowest BCUT2D eigenvalue weighted by Crippen LogP contribution is -2.43. The second-order valence-corrected chi connectivity index (χ2v) is 9.85. The van der Waals surface area contributed by atoms with Crippen LogP contribution in [0.1, 0.15) is 22.6 Å². The van der Waals surface area contributed by atoms with Gasteiger partial charge in [0.15, 0.2) is 5.78 Å². The Labute approximate surface area is 166 Å². The van der Waals surface area contributed by atoms with Crippen molar-refractivity contribution in [3.8, 4) is 0 Å². The summed E-state index contributed by atoms with van der Waals surface area (Å²) in [5.74, 6) is 0.217. The largest absolute Gasteiger partial charge is 0.292 e. The van der Waals surface area contributed by atoms with Crippen molar-refractivity contribution in [1.82, 2.24) is 4.90 Å². The van der Waals surface area contributed by atoms with E-state index in [-0.39, 0.29) is 17.9 Å². The van der Waals surface area contributed by atoms with Gasteiger partial charge >= 0.3 is 0 Å². The fraction of sp³-hybridized carbons (Fsp3) is 0.278. The third kappa shape index (κ3) is 3.03. The number of fused-ring (bicyclic) bond motifs is 2. The summed E-state index contributed by atoms with van der Waals surface area (Å²) in [5, 5.41) is 4.11. The maximum Gasteiger partial charge on any atom is 0.188 e. The molecule has 2 atom stereocenters. The van der Waals surface area contributed by atoms with Crippen LogP contribution in [0.3, 0.4) is 0 Å². The maximum atomic E-state index is 13.2. The standard InChI is InChI=1S/C18H15Br2NOS2/c1-21-16-2-3-17(21)15(7-13-5-11(20)9-24-13)18(22)14(16)6-12-4-10(19)8-23-12/h4-9,16-17H,2-3H2,1H3. The van der Waals surface area contributed by atoms with E-state index < -0.39 is 0 Å². The fourth-order valence-corrected chi connectivity index (χ4v) is 6.37. The number of thiophene rings is 2. The zero-order valence-electron chi connectivity index (χ0n) is 13.0. The minimum absolute atomic E-state index is 0.217. The SMILES string of the molecule is CN1C2CCC1C(=Cc1cc(Br)cs1)C(=O)C2=Cc1cc(Br)cs1. The number of carbonyl (C=O) groups is 1. The minimum Gasteiger partial charge on any atom is -0.292 e. The van der Waals surface area contributed by atoms with Crippen molar-refractivity contribution in [3.63, 3.8) is 0 Å². The molecule has 2 aliphatic heterocycles. The van der Waals surface area contributed by atoms with E-state index in [1.807, 2.05) is 0 Å². The molecule has 4 rings (SSSR count). The molecule has 0 amide bonds. The van der Waals surface area contributed by atoms with Crippen LogP contribution in [-0.2, 0) is 4.79 Å². The molecule has 0 spiro atoms. The number of ketones is 1. The van der Waals surface area contributed by atoms with Gasteiger partial charge in [-0.25, -0.2) is 0 Å². The molecule has 124 valence electrons. The molecule has 0 radical (unpaired) electrons. The van der Waals surface area contributed by atoms with Gasteiger partial charge in [0.1, 0.15) is 0 Å². The number of nitrogens with zero attached hydrogens (tertiary/aromatic N) is 1. The first-order valence-electron chi connectivity index (χ1n) is 7.71. The molecule has 0 saturated carbocycles. The Morgan fingerprint density at radius 2 is 1.46 bits per heavy atom. The second-order valence-electron chi connectivity index (χ2n) is 6.14. The third-order valence-electron chi connectivity index (χ3n) is 4.71. The lowest BCUT2D eigenvalue weighted by atomic mass is 9.90. The van der Waals surface area contributed by atoms with Gasteiger partial charge in [-0.05, 0) is 76.0 Å². The molecule has 2 aromatic heterocycles. The average molecular weight is 485 g/mol. The zero-order chi connectivity index (χ0) is 16.8. The van der Waals surface area contributed by atoms with E-state index in [1.165, 1.54) is 0 Å². The molecule has 2 fully saturated rings. The van der Waals surface area contributed by atoms with Crippen LogP contribution in [-0.4, -0.2) is 29.8 Å². The summed E-state index contributed by atoms with van der Waals surface area (Å²) in [6, 6.07) is 4.64. The van der Waals surface area contributed by atoms with Crippen molar-refractivity contribution < 1.29 is 4.79 Å². The Balaban J connectivity index is 1.77. The summed E-state index contributed by atoms with van der Waals surface area (Å²) in [5.41, 5.74) is 1.87. The van der Waals surface area contributed by atoms with Crippen molar-refractivity contribution in [2.45, 2.75) is 24.9 Å². The quantitative estimate of drug-likeness (QED) is 0.498. The molecule has 2 saturated heterocycles. The van der Waals surface area contributed by atoms with Gasteiger partial charge in [-0.15, -0.1) is 22.7 Å². The predicted molar refractivity (Wildman–Crippen MR) is 110 cm³/mol. The fourth-order valence-electron chi connectivity index (χ4n) is 3.60. The van der Waals surface area contributed by atoms with Gasteiger partial charge in [-0.1, -0.05) is 0 Å². The molecule has 2 aliphatic rings. The van der Waals surface area contributed by atoms with Crippen LogP contribution in [0, 0.1) is 0 Å². The monoisotopic (exact) mass is 483 g/mol. The Kier molecular flexibility index (Phi) is 4.69. The lowest BCUT2D eigenvalue weighted by molar-refractivity contribution is -0.114. The summed E-state index contributed by atoms with van der Waals surface area (Å²) in [6.45, 7) is 0. The Morgan fingerprint density at radius 1 is 1.00 bits per heavy atom. The van der Waals surface area contributed by atoms with Crippen molar-refractivity contribution in [1.29, 1.82) is 0 Å². The van der Waals surface area contributed by atoms with Crippen LogP contribution in [0.4, 0.5) is 0 Å². The van der Waals surface area contributed by atoms with Crippen molar-refractivity contribution >= 4 is 72.5 Å². The van der Waals surface area contributed by atoms with Gasteiger partial charge in [0.05, 0.1) is 0 Å². The number of piperidine rings is 1. The van der Waals surface area contributed by atoms with Crippen LogP contribution in [0.2, 0.25) is 0 Å². The van der Waals surface area contributed by atoms with Gasteiger partial charge < -0.3 is 0 Å². The third-order valence-corrected chi connectivity index (χ3v) is 7.99. The molecular weight excluding hydrogens is 470 g/mol. The van der Waals surface area contributed by atoms with Crippen LogP contribution in [0.5, 0.6) is 0 Å². The number of likely N-dealkylation sites (N-methyl/N-ethyl adjacent to an activating group) is 1. The number of Topliss-reactive ketones (excluding diaryl/α,β-unsaturated/α-hetero) is 1. The molecule has 2 nitrogen and oxygen atoms in total. The highest BCUT2D eigenvalue weighted by molar-refractivity contribution is 9.10. The van der Waals surface area contributed by atoms with E-state index in [0.717, 1.165) is 42.7 Å². The first kappa shape index (κ1) is 16.9. The van der Waals surface area contributed by atoms with Crippen molar-refractivity contribution in [2.75, 3.05) is 7.05 Å². The second kappa shape index (κ2) is 6.65. The molecule has 6 heteroatoms. The number of carbonyl (C=O) groups excluding carboxylic acids is 1. The first-order chi connectivity index (χ1) is 11.5. The average Bonchev–Trinajstić information content (AvgIpc) is 3.21. The topological polar surface area (TPSA) is 20.3 Å². The summed E-state index contributed by atoms with van der Waals surface area (Å²) in [4.78, 5) is 17.8. The van der Waals surface area contributed by atoms with Gasteiger partial charge in [-0.2, -0.15) is 0 Å². The molecule has 0 aromatic carbocycles. The van der Waals surface area contributed by atoms with E-state index in [9.17, 15) is 4.79 Å². The number of rotatable bonds is 2. The summed E-state index contributed by atoms with van der Waals surface area (Å²) in [6.07, 6.45) is 6.27. The predicted octanol–water partition coefficient (Wildman–Crippen LogP) is 5.85. The Bertz CT molecular complexity index is 796. The number of hydrogen-bond acceptors (Lipinski definition) is 4. The molecule has 4 heterocycles. The highest BCUT2D eigenvalue weighted by atomic mass is 79.9. The van der Waals surface area contributed by atoms with Crippen LogP contribution in [0.25, 0.3) is 12.2 Å². The highest BCUT2D eigenvalue weighted by Gasteiger charge is 2.44. The molecule has 2 unspecified atom stereocenters. The van der Waals surface area contributed by atoms with Crippen molar-refractivity contribution in [2.24, 2.45) is 0 Å². The van der Waals surface area contributed by atoms with E-state index in [1.54, 1.807) is 22.7 Å². The Morgan fingerprint density at radius 3 is 1.83 bits per heavy atom. The summed E-state index contributed by atoms with van der Waals surface area (Å²) < 4.78 is 2.14. The van der Waals surface area contributed by atoms with Gasteiger partial charge in [-0.3, -0.25) is 9.69 Å². The van der Waals surface area contributed by atoms with Gasteiger partial charge in [0.25, 0.3) is 0 Å². The van der Waals surface area contributed by atoms with E-state index >= 15 is 0 Å². The maximum absolute atomic E-state index is 13.2. The van der Waals surface area contributed by atoms with Crippen LogP contribution in [0.15, 0.2) is 43.0 Å². The van der Waals surface area contributed by atoms with Gasteiger partial charge in [0, 0.05) is 52.7 Å². The summed E-state index contributed by atoms with van der Waals surface area (Å²) in [7, 11) is 2.14. The minimum atomic E-state index is 0.217. The van der Waals surface area contributed by atoms with Crippen LogP contribution >= 0.6 is 54.5 Å². The van der Waals surface area contributed by atoms with Crippen LogP contribution < -0.4 is 0 Å².